The van der Waals surface area contributed by atoms with E-state index in [0.29, 0.717) is 0 Å². The highest BCUT2D eigenvalue weighted by Crippen LogP contribution is 2.12. The molecule has 2 heterocycles. The number of rotatable bonds is 0. The predicted octanol–water partition coefficient (Wildman–Crippen LogP) is -0.162. The molecule has 2 aliphatic rings. The van der Waals surface area contributed by atoms with Gasteiger partial charge in [0.2, 0.25) is 0 Å². The predicted molar refractivity (Wildman–Crippen MR) is 35.1 cm³/mol. The van der Waals surface area contributed by atoms with Crippen molar-refractivity contribution in [1.82, 2.24) is 10.7 Å². The normalized spacial score (nSPS) is 24.0. The van der Waals surface area contributed by atoms with Crippen molar-refractivity contribution in [3.05, 3.63) is 11.3 Å². The van der Waals surface area contributed by atoms with Crippen LogP contribution in [0.5, 0.6) is 0 Å². The maximum absolute atomic E-state index is 3.94. The molecular formula is C6H8N3. The molecule has 0 aromatic heterocycles. The van der Waals surface area contributed by atoms with Gasteiger partial charge in [-0.25, -0.2) is 0 Å². The van der Waals surface area contributed by atoms with Crippen molar-refractivity contribution in [1.29, 1.82) is 0 Å². The Balaban J connectivity index is 2.24. The highest BCUT2D eigenvalue weighted by atomic mass is 15.3. The maximum atomic E-state index is 3.94. The van der Waals surface area contributed by atoms with Crippen LogP contribution in [0.3, 0.4) is 0 Å². The van der Waals surface area contributed by atoms with Crippen LogP contribution in [-0.4, -0.2) is 19.3 Å². The lowest BCUT2D eigenvalue weighted by Gasteiger charge is -2.11. The van der Waals surface area contributed by atoms with E-state index in [4.69, 9.17) is 0 Å². The van der Waals surface area contributed by atoms with Gasteiger partial charge in [0, 0.05) is 6.54 Å². The summed E-state index contributed by atoms with van der Waals surface area (Å²) in [6, 6.07) is 0. The third kappa shape index (κ3) is 0.733. The summed E-state index contributed by atoms with van der Waals surface area (Å²) in [7, 11) is 0. The first-order valence-corrected chi connectivity index (χ1v) is 3.13. The maximum Gasteiger partial charge on any atom is 0.0816 e. The van der Waals surface area contributed by atoms with E-state index in [0.717, 1.165) is 25.2 Å². The van der Waals surface area contributed by atoms with Gasteiger partial charge in [-0.1, -0.05) is 0 Å². The minimum absolute atomic E-state index is 0.898. The first-order chi connectivity index (χ1) is 4.47. The molecule has 0 fully saturated rings. The SMILES string of the molecule is C1=N[N]C2=C1CCNC2. The zero-order valence-electron chi connectivity index (χ0n) is 5.09. The van der Waals surface area contributed by atoms with Gasteiger partial charge in [-0.15, -0.1) is 0 Å². The summed E-state index contributed by atoms with van der Waals surface area (Å²) in [5.41, 5.74) is 6.38. The molecule has 0 unspecified atom stereocenters. The molecule has 0 aromatic carbocycles. The number of nitrogens with zero attached hydrogens (tertiary/aromatic N) is 2. The van der Waals surface area contributed by atoms with Crippen LogP contribution in [0.2, 0.25) is 0 Å². The summed E-state index contributed by atoms with van der Waals surface area (Å²) in [6.07, 6.45) is 2.94. The van der Waals surface area contributed by atoms with Gasteiger partial charge in [0.1, 0.15) is 0 Å². The lowest BCUT2D eigenvalue weighted by Crippen LogP contribution is -2.26. The fraction of sp³-hybridized carbons (Fsp3) is 0.500. The van der Waals surface area contributed by atoms with E-state index in [1.807, 2.05) is 6.21 Å². The lowest BCUT2D eigenvalue weighted by atomic mass is 10.1. The molecule has 9 heavy (non-hydrogen) atoms. The van der Waals surface area contributed by atoms with Gasteiger partial charge >= 0.3 is 0 Å². The molecule has 2 rings (SSSR count). The highest BCUT2D eigenvalue weighted by molar-refractivity contribution is 5.81. The van der Waals surface area contributed by atoms with Gasteiger partial charge < -0.3 is 5.32 Å². The number of nitrogens with one attached hydrogen (secondary N) is 1. The molecule has 0 atom stereocenters. The molecule has 0 bridgehead atoms. The molecule has 0 saturated carbocycles. The Hall–Kier alpha value is -0.830. The molecule has 1 radical (unpaired) electrons. The third-order valence-electron chi connectivity index (χ3n) is 1.63. The van der Waals surface area contributed by atoms with Gasteiger partial charge in [0.05, 0.1) is 11.9 Å². The molecule has 0 aliphatic carbocycles. The van der Waals surface area contributed by atoms with Crippen LogP contribution in [0.1, 0.15) is 6.42 Å². The topological polar surface area (TPSA) is 38.5 Å². The van der Waals surface area contributed by atoms with Gasteiger partial charge in [0.15, 0.2) is 0 Å². The number of hydrogen-bond donors (Lipinski definition) is 1. The summed E-state index contributed by atoms with van der Waals surface area (Å²) in [5, 5.41) is 7.04. The van der Waals surface area contributed by atoms with Crippen molar-refractivity contribution < 1.29 is 0 Å². The van der Waals surface area contributed by atoms with Crippen molar-refractivity contribution in [2.45, 2.75) is 6.42 Å². The smallest absolute Gasteiger partial charge is 0.0816 e. The highest BCUT2D eigenvalue weighted by Gasteiger charge is 2.14. The minimum atomic E-state index is 0.898. The van der Waals surface area contributed by atoms with Crippen molar-refractivity contribution in [2.75, 3.05) is 13.1 Å². The lowest BCUT2D eigenvalue weighted by molar-refractivity contribution is 0.658. The molecule has 2 aliphatic heterocycles. The fourth-order valence-electron chi connectivity index (χ4n) is 1.09. The Morgan fingerprint density at radius 2 is 2.56 bits per heavy atom. The first-order valence-electron chi connectivity index (χ1n) is 3.13. The summed E-state index contributed by atoms with van der Waals surface area (Å²) in [5.74, 6) is 0. The van der Waals surface area contributed by atoms with Crippen LogP contribution in [0.15, 0.2) is 16.4 Å². The third-order valence-corrected chi connectivity index (χ3v) is 1.63. The molecule has 0 spiro atoms. The van der Waals surface area contributed by atoms with Gasteiger partial charge in [-0.2, -0.15) is 10.5 Å². The monoisotopic (exact) mass is 122 g/mol. The summed E-state index contributed by atoms with van der Waals surface area (Å²) in [4.78, 5) is 0. The Bertz CT molecular complexity index is 181. The standard InChI is InChI=1S/C6H8N3/c1-2-7-4-6-5(1)3-8-9-6/h3,7H,1-2,4H2. The number of hydrogen-bond acceptors (Lipinski definition) is 2. The van der Waals surface area contributed by atoms with Crippen molar-refractivity contribution in [3.63, 3.8) is 0 Å². The summed E-state index contributed by atoms with van der Waals surface area (Å²) in [6.45, 7) is 1.97. The van der Waals surface area contributed by atoms with Crippen molar-refractivity contribution in [3.8, 4) is 0 Å². The van der Waals surface area contributed by atoms with E-state index >= 15 is 0 Å². The van der Waals surface area contributed by atoms with Crippen LogP contribution >= 0.6 is 0 Å². The molecule has 3 nitrogen and oxygen atoms in total. The second-order valence-corrected chi connectivity index (χ2v) is 2.24. The largest absolute Gasteiger partial charge is 0.311 e. The molecular weight excluding hydrogens is 114 g/mol. The van der Waals surface area contributed by atoms with E-state index in [1.165, 1.54) is 5.57 Å². The van der Waals surface area contributed by atoms with E-state index in [-0.39, 0.29) is 0 Å². The van der Waals surface area contributed by atoms with Crippen LogP contribution in [0, 0.1) is 0 Å². The van der Waals surface area contributed by atoms with E-state index in [9.17, 15) is 0 Å². The zero-order chi connectivity index (χ0) is 6.10. The average Bonchev–Trinajstić information content (AvgIpc) is 2.33. The van der Waals surface area contributed by atoms with Gasteiger partial charge in [-0.05, 0) is 18.5 Å². The Labute approximate surface area is 53.8 Å². The molecule has 0 amide bonds. The average molecular weight is 122 g/mol. The molecule has 47 valence electrons. The van der Waals surface area contributed by atoms with Gasteiger partial charge in [0.25, 0.3) is 0 Å². The van der Waals surface area contributed by atoms with Crippen molar-refractivity contribution >= 4 is 6.21 Å². The second kappa shape index (κ2) is 1.84. The van der Waals surface area contributed by atoms with Crippen LogP contribution in [0.4, 0.5) is 0 Å². The van der Waals surface area contributed by atoms with Crippen molar-refractivity contribution in [2.24, 2.45) is 5.10 Å². The van der Waals surface area contributed by atoms with Crippen LogP contribution < -0.4 is 10.7 Å². The minimum Gasteiger partial charge on any atom is -0.311 e. The Kier molecular flexibility index (Phi) is 1.02. The Morgan fingerprint density at radius 1 is 1.56 bits per heavy atom. The summed E-state index contributed by atoms with van der Waals surface area (Å²) >= 11 is 0. The molecule has 0 aromatic rings. The van der Waals surface area contributed by atoms with Gasteiger partial charge in [-0.3, -0.25) is 0 Å². The fourth-order valence-corrected chi connectivity index (χ4v) is 1.09. The van der Waals surface area contributed by atoms with E-state index < -0.39 is 0 Å². The summed E-state index contributed by atoms with van der Waals surface area (Å²) < 4.78 is 0. The van der Waals surface area contributed by atoms with Crippen LogP contribution in [0.25, 0.3) is 0 Å². The molecule has 0 saturated heterocycles. The Morgan fingerprint density at radius 3 is 3.44 bits per heavy atom. The van der Waals surface area contributed by atoms with E-state index in [2.05, 4.69) is 15.8 Å². The van der Waals surface area contributed by atoms with E-state index in [1.54, 1.807) is 0 Å². The first kappa shape index (κ1) is 4.99. The van der Waals surface area contributed by atoms with Crippen LogP contribution in [-0.2, 0) is 0 Å². The quantitative estimate of drug-likeness (QED) is 0.476. The second-order valence-electron chi connectivity index (χ2n) is 2.24. The molecule has 1 N–H and O–H groups in total. The molecule has 3 heteroatoms. The zero-order valence-corrected chi connectivity index (χ0v) is 5.09.